The van der Waals surface area contributed by atoms with Crippen molar-refractivity contribution in [2.24, 2.45) is 42.1 Å². The first-order chi connectivity index (χ1) is 20.2. The van der Waals surface area contributed by atoms with E-state index in [9.17, 15) is 19.8 Å². The highest BCUT2D eigenvalue weighted by atomic mass is 28.4. The highest BCUT2D eigenvalue weighted by Gasteiger charge is 2.47. The Balaban J connectivity index is 1.50. The third kappa shape index (κ3) is 8.41. The summed E-state index contributed by atoms with van der Waals surface area (Å²) >= 11 is 0. The average molecular weight is 629 g/mol. The summed E-state index contributed by atoms with van der Waals surface area (Å²) in [4.78, 5) is 30.4. The number of hydrogen-bond donors (Lipinski definition) is 2. The maximum Gasteiger partial charge on any atom is 0.305 e. The minimum absolute atomic E-state index is 0.0813. The predicted molar refractivity (Wildman–Crippen MR) is 181 cm³/mol. The molecule has 7 nitrogen and oxygen atoms in total. The van der Waals surface area contributed by atoms with Gasteiger partial charge in [0.05, 0.1) is 29.7 Å². The molecule has 0 spiro atoms. The molecule has 0 aliphatic heterocycles. The van der Waals surface area contributed by atoms with Crippen LogP contribution in [0.15, 0.2) is 18.2 Å². The smallest absolute Gasteiger partial charge is 0.305 e. The lowest BCUT2D eigenvalue weighted by molar-refractivity contribution is -0.145. The predicted octanol–water partition coefficient (Wildman–Crippen LogP) is 8.48. The number of aliphatic hydroxyl groups is 1. The Hall–Kier alpha value is -2.03. The van der Waals surface area contributed by atoms with Gasteiger partial charge in [0.1, 0.15) is 11.6 Å². The SMILES string of the molecule is Cc1nc2cc([C@H](O)C[C@@H]3C[C@H]3CCC[C@H](C)[C@H](C)[C@@H](C)C(=O)C(C)(C)[C@H](CC(=O)O)O[Si](C)(C)C(C)(C)C)ccc2n1C. The lowest BCUT2D eigenvalue weighted by atomic mass is 9.70. The zero-order chi connectivity index (χ0) is 33.4. The summed E-state index contributed by atoms with van der Waals surface area (Å²) in [5, 5.41) is 20.5. The normalized spacial score (nSPS) is 21.1. The average Bonchev–Trinajstić information content (AvgIpc) is 3.59. The number of ketones is 1. The summed E-state index contributed by atoms with van der Waals surface area (Å²) in [5.41, 5.74) is 2.08. The van der Waals surface area contributed by atoms with Gasteiger partial charge in [-0.1, -0.05) is 80.7 Å². The van der Waals surface area contributed by atoms with Crippen molar-refractivity contribution < 1.29 is 24.2 Å². The van der Waals surface area contributed by atoms with E-state index >= 15 is 0 Å². The van der Waals surface area contributed by atoms with Gasteiger partial charge >= 0.3 is 5.97 Å². The largest absolute Gasteiger partial charge is 0.481 e. The van der Waals surface area contributed by atoms with Crippen molar-refractivity contribution in [2.45, 2.75) is 131 Å². The summed E-state index contributed by atoms with van der Waals surface area (Å²) < 4.78 is 8.67. The molecule has 248 valence electrons. The van der Waals surface area contributed by atoms with E-state index in [0.717, 1.165) is 48.1 Å². The Morgan fingerprint density at radius 3 is 2.34 bits per heavy atom. The number of aromatic nitrogens is 2. The quantitative estimate of drug-likeness (QED) is 0.181. The number of benzene rings is 1. The molecule has 0 saturated heterocycles. The van der Waals surface area contributed by atoms with Gasteiger partial charge in [-0.3, -0.25) is 9.59 Å². The fourth-order valence-electron chi connectivity index (χ4n) is 6.50. The molecule has 2 aromatic rings. The number of hydrogen-bond acceptors (Lipinski definition) is 5. The van der Waals surface area contributed by atoms with Gasteiger partial charge in [-0.15, -0.1) is 0 Å². The van der Waals surface area contributed by atoms with Crippen molar-refractivity contribution in [3.05, 3.63) is 29.6 Å². The van der Waals surface area contributed by atoms with Gasteiger partial charge < -0.3 is 19.2 Å². The molecular weight excluding hydrogens is 568 g/mol. The Labute approximate surface area is 267 Å². The zero-order valence-corrected chi connectivity index (χ0v) is 30.5. The van der Waals surface area contributed by atoms with Crippen LogP contribution in [0.5, 0.6) is 0 Å². The van der Waals surface area contributed by atoms with Crippen molar-refractivity contribution in [1.82, 2.24) is 9.55 Å². The third-order valence-electron chi connectivity index (χ3n) is 11.5. The highest BCUT2D eigenvalue weighted by molar-refractivity contribution is 6.74. The molecule has 1 saturated carbocycles. The van der Waals surface area contributed by atoms with Crippen LogP contribution in [0.3, 0.4) is 0 Å². The van der Waals surface area contributed by atoms with Crippen molar-refractivity contribution in [3.8, 4) is 0 Å². The number of imidazole rings is 1. The van der Waals surface area contributed by atoms with Crippen LogP contribution in [0.4, 0.5) is 0 Å². The van der Waals surface area contributed by atoms with Gasteiger partial charge in [0, 0.05) is 18.4 Å². The molecule has 0 unspecified atom stereocenters. The standard InChI is InChI=1S/C36H60N2O5Si/c1-22(23(2)24(3)34(42)36(8,9)32(21-33(40)41)43-44(11,12)35(5,6)7)14-13-15-26-18-28(26)20-31(39)27-16-17-30-29(19-27)37-25(4)38(30)10/h16-17,19,22-24,26,28,31-32,39H,13-15,18,20-21H2,1-12H3,(H,40,41)/t22-,23-,24+,26+,28-,31+,32-/m0/s1. The molecule has 1 aliphatic rings. The second-order valence-corrected chi connectivity index (χ2v) is 20.8. The number of aryl methyl sites for hydroxylation is 2. The second kappa shape index (κ2) is 13.8. The molecule has 44 heavy (non-hydrogen) atoms. The van der Waals surface area contributed by atoms with Crippen LogP contribution in [0, 0.1) is 41.9 Å². The van der Waals surface area contributed by atoms with Crippen LogP contribution in [0.2, 0.25) is 18.1 Å². The van der Waals surface area contributed by atoms with E-state index in [2.05, 4.69) is 63.3 Å². The maximum atomic E-state index is 13.9. The Kier molecular flexibility index (Phi) is 11.4. The lowest BCUT2D eigenvalue weighted by Gasteiger charge is -2.44. The van der Waals surface area contributed by atoms with E-state index in [0.29, 0.717) is 17.8 Å². The van der Waals surface area contributed by atoms with Gasteiger partial charge in [-0.05, 0) is 79.3 Å². The van der Waals surface area contributed by atoms with E-state index in [1.54, 1.807) is 0 Å². The number of rotatable bonds is 16. The van der Waals surface area contributed by atoms with E-state index in [1.807, 2.05) is 46.9 Å². The molecule has 1 aliphatic carbocycles. The number of nitrogens with zero attached hydrogens (tertiary/aromatic N) is 2. The van der Waals surface area contributed by atoms with Gasteiger partial charge in [0.15, 0.2) is 8.32 Å². The number of aliphatic carboxylic acids is 1. The van der Waals surface area contributed by atoms with Gasteiger partial charge in [0.25, 0.3) is 0 Å². The molecule has 1 heterocycles. The van der Waals surface area contributed by atoms with Crippen molar-refractivity contribution >= 4 is 31.1 Å². The number of carbonyl (C=O) groups is 2. The summed E-state index contributed by atoms with van der Waals surface area (Å²) in [6, 6.07) is 6.11. The molecule has 0 amide bonds. The van der Waals surface area contributed by atoms with E-state index in [4.69, 9.17) is 4.43 Å². The van der Waals surface area contributed by atoms with Crippen LogP contribution in [0.1, 0.15) is 111 Å². The molecule has 3 rings (SSSR count). The third-order valence-corrected chi connectivity index (χ3v) is 16.0. The van der Waals surface area contributed by atoms with Gasteiger partial charge in [-0.25, -0.2) is 4.98 Å². The number of carbonyl (C=O) groups excluding carboxylic acids is 1. The minimum atomic E-state index is -2.28. The van der Waals surface area contributed by atoms with E-state index < -0.39 is 31.9 Å². The van der Waals surface area contributed by atoms with Crippen LogP contribution < -0.4 is 0 Å². The fourth-order valence-corrected chi connectivity index (χ4v) is 7.94. The summed E-state index contributed by atoms with van der Waals surface area (Å²) in [6.45, 7) is 22.8. The first kappa shape index (κ1) is 36.4. The second-order valence-electron chi connectivity index (χ2n) is 16.1. The van der Waals surface area contributed by atoms with E-state index in [-0.39, 0.29) is 29.1 Å². The van der Waals surface area contributed by atoms with Crippen molar-refractivity contribution in [3.63, 3.8) is 0 Å². The molecule has 1 aromatic carbocycles. The zero-order valence-electron chi connectivity index (χ0n) is 29.5. The fraction of sp³-hybridized carbons (Fsp3) is 0.750. The monoisotopic (exact) mass is 628 g/mol. The highest BCUT2D eigenvalue weighted by Crippen LogP contribution is 2.48. The minimum Gasteiger partial charge on any atom is -0.481 e. The molecule has 8 heteroatoms. The molecule has 0 bridgehead atoms. The van der Waals surface area contributed by atoms with Crippen LogP contribution in [-0.2, 0) is 21.1 Å². The van der Waals surface area contributed by atoms with Crippen LogP contribution in [-0.4, -0.2) is 45.9 Å². The van der Waals surface area contributed by atoms with Crippen LogP contribution in [0.25, 0.3) is 11.0 Å². The number of fused-ring (bicyclic) bond motifs is 1. The van der Waals surface area contributed by atoms with Gasteiger partial charge in [0.2, 0.25) is 0 Å². The molecular formula is C36H60N2O5Si. The summed E-state index contributed by atoms with van der Waals surface area (Å²) in [5.74, 6) is 1.72. The van der Waals surface area contributed by atoms with Crippen molar-refractivity contribution in [2.75, 3.05) is 0 Å². The van der Waals surface area contributed by atoms with Crippen molar-refractivity contribution in [1.29, 1.82) is 0 Å². The number of carboxylic acid groups (broad SMARTS) is 1. The lowest BCUT2D eigenvalue weighted by Crippen LogP contribution is -2.52. The Morgan fingerprint density at radius 2 is 1.75 bits per heavy atom. The topological polar surface area (TPSA) is 102 Å². The molecule has 0 radical (unpaired) electrons. The summed E-state index contributed by atoms with van der Waals surface area (Å²) in [7, 11) is -0.265. The Bertz CT molecular complexity index is 1310. The maximum absolute atomic E-state index is 13.9. The van der Waals surface area contributed by atoms with E-state index in [1.165, 1.54) is 6.42 Å². The number of Topliss-reactive ketones (excluding diaryl/α,β-unsaturated/α-hetero) is 1. The number of carboxylic acids is 1. The van der Waals surface area contributed by atoms with Gasteiger partial charge in [-0.2, -0.15) is 0 Å². The molecule has 2 N–H and O–H groups in total. The van der Waals surface area contributed by atoms with Crippen LogP contribution >= 0.6 is 0 Å². The molecule has 7 atom stereocenters. The first-order valence-corrected chi connectivity index (χ1v) is 19.6. The number of aliphatic hydroxyl groups excluding tert-OH is 1. The Morgan fingerprint density at radius 1 is 1.11 bits per heavy atom. The summed E-state index contributed by atoms with van der Waals surface area (Å²) in [6.07, 6.45) is 4.00. The molecule has 1 fully saturated rings. The molecule has 1 aromatic heterocycles. The first-order valence-electron chi connectivity index (χ1n) is 16.7.